The number of rotatable bonds is 4. The van der Waals surface area contributed by atoms with E-state index >= 15 is 0 Å². The summed E-state index contributed by atoms with van der Waals surface area (Å²) in [5.41, 5.74) is 1.28. The average molecular weight is 283 g/mol. The van der Waals surface area contributed by atoms with Gasteiger partial charge in [0.05, 0.1) is 6.42 Å². The molecular weight excluding hydrogens is 260 g/mol. The minimum absolute atomic E-state index is 0. The Morgan fingerprint density at radius 3 is 2.74 bits per heavy atom. The van der Waals surface area contributed by atoms with Gasteiger partial charge in [-0.25, -0.2) is 0 Å². The van der Waals surface area contributed by atoms with Gasteiger partial charge in [0.1, 0.15) is 0 Å². The van der Waals surface area contributed by atoms with Gasteiger partial charge in [-0.15, -0.1) is 12.4 Å². The number of halogens is 1. The van der Waals surface area contributed by atoms with Crippen molar-refractivity contribution in [2.75, 3.05) is 19.6 Å². The van der Waals surface area contributed by atoms with Crippen LogP contribution < -0.4 is 10.6 Å². The number of hydrogen-bond donors (Lipinski definition) is 2. The van der Waals surface area contributed by atoms with Crippen LogP contribution in [-0.2, 0) is 11.2 Å². The van der Waals surface area contributed by atoms with Crippen molar-refractivity contribution in [1.82, 2.24) is 10.6 Å². The van der Waals surface area contributed by atoms with Crippen LogP contribution in [0, 0.1) is 5.41 Å². The van der Waals surface area contributed by atoms with Gasteiger partial charge in [0.15, 0.2) is 0 Å². The third-order valence-corrected chi connectivity index (χ3v) is 3.61. The highest BCUT2D eigenvalue weighted by Gasteiger charge is 2.26. The number of piperidine rings is 1. The van der Waals surface area contributed by atoms with Crippen molar-refractivity contribution in [3.8, 4) is 0 Å². The molecule has 4 heteroatoms. The molecule has 0 aliphatic carbocycles. The third-order valence-electron chi connectivity index (χ3n) is 3.61. The van der Waals surface area contributed by atoms with Crippen LogP contribution in [0.4, 0.5) is 0 Å². The maximum atomic E-state index is 11.9. The highest BCUT2D eigenvalue weighted by molar-refractivity contribution is 5.85. The fourth-order valence-electron chi connectivity index (χ4n) is 2.43. The van der Waals surface area contributed by atoms with Crippen LogP contribution in [0.15, 0.2) is 30.3 Å². The van der Waals surface area contributed by atoms with Crippen molar-refractivity contribution >= 4 is 18.3 Å². The molecule has 0 bridgehead atoms. The molecule has 1 amide bonds. The van der Waals surface area contributed by atoms with E-state index in [4.69, 9.17) is 0 Å². The predicted octanol–water partition coefficient (Wildman–Crippen LogP) is 2.16. The number of benzene rings is 1. The Kier molecular flexibility index (Phi) is 6.32. The summed E-state index contributed by atoms with van der Waals surface area (Å²) >= 11 is 0. The Hall–Kier alpha value is -1.06. The van der Waals surface area contributed by atoms with Crippen LogP contribution in [0.5, 0.6) is 0 Å². The van der Waals surface area contributed by atoms with Crippen molar-refractivity contribution in [2.45, 2.75) is 26.2 Å². The van der Waals surface area contributed by atoms with Crippen LogP contribution in [0.3, 0.4) is 0 Å². The van der Waals surface area contributed by atoms with E-state index in [-0.39, 0.29) is 23.7 Å². The van der Waals surface area contributed by atoms with Gasteiger partial charge in [-0.2, -0.15) is 0 Å². The molecule has 1 aliphatic rings. The van der Waals surface area contributed by atoms with Crippen LogP contribution in [-0.4, -0.2) is 25.5 Å². The number of nitrogens with one attached hydrogen (secondary N) is 2. The second kappa shape index (κ2) is 7.51. The molecule has 2 N–H and O–H groups in total. The number of hydrogen-bond acceptors (Lipinski definition) is 2. The van der Waals surface area contributed by atoms with Crippen molar-refractivity contribution < 1.29 is 4.79 Å². The SMILES string of the molecule is CC1(CNC(=O)Cc2ccccc2)CCCNC1.Cl. The lowest BCUT2D eigenvalue weighted by atomic mass is 9.83. The zero-order valence-electron chi connectivity index (χ0n) is 11.4. The molecule has 1 saturated heterocycles. The normalized spacial score (nSPS) is 22.4. The van der Waals surface area contributed by atoms with Gasteiger partial charge in [-0.1, -0.05) is 37.3 Å². The average Bonchev–Trinajstić information content (AvgIpc) is 2.39. The predicted molar refractivity (Wildman–Crippen MR) is 80.6 cm³/mol. The van der Waals surface area contributed by atoms with E-state index in [9.17, 15) is 4.79 Å². The molecule has 1 aromatic carbocycles. The number of carbonyl (C=O) groups excluding carboxylic acids is 1. The Morgan fingerprint density at radius 1 is 1.37 bits per heavy atom. The van der Waals surface area contributed by atoms with E-state index in [1.54, 1.807) is 0 Å². The summed E-state index contributed by atoms with van der Waals surface area (Å²) in [6.07, 6.45) is 2.86. The summed E-state index contributed by atoms with van der Waals surface area (Å²) in [6, 6.07) is 9.88. The summed E-state index contributed by atoms with van der Waals surface area (Å²) in [5, 5.41) is 6.46. The van der Waals surface area contributed by atoms with E-state index in [2.05, 4.69) is 17.6 Å². The lowest BCUT2D eigenvalue weighted by Crippen LogP contribution is -2.45. The standard InChI is InChI=1S/C15H22N2O.ClH/c1-15(8-5-9-16-11-15)12-17-14(18)10-13-6-3-2-4-7-13;/h2-4,6-7,16H,5,8-12H2,1H3,(H,17,18);1H. The fraction of sp³-hybridized carbons (Fsp3) is 0.533. The largest absolute Gasteiger partial charge is 0.355 e. The minimum atomic E-state index is 0. The minimum Gasteiger partial charge on any atom is -0.355 e. The van der Waals surface area contributed by atoms with Gasteiger partial charge < -0.3 is 10.6 Å². The highest BCUT2D eigenvalue weighted by Crippen LogP contribution is 2.24. The Labute approximate surface area is 121 Å². The van der Waals surface area contributed by atoms with Gasteiger partial charge in [0.2, 0.25) is 5.91 Å². The van der Waals surface area contributed by atoms with Crippen LogP contribution in [0.1, 0.15) is 25.3 Å². The summed E-state index contributed by atoms with van der Waals surface area (Å²) in [4.78, 5) is 11.9. The quantitative estimate of drug-likeness (QED) is 0.889. The van der Waals surface area contributed by atoms with Crippen molar-refractivity contribution in [1.29, 1.82) is 0 Å². The van der Waals surface area contributed by atoms with Gasteiger partial charge in [0.25, 0.3) is 0 Å². The maximum Gasteiger partial charge on any atom is 0.224 e. The van der Waals surface area contributed by atoms with Crippen molar-refractivity contribution in [3.63, 3.8) is 0 Å². The second-order valence-electron chi connectivity index (χ2n) is 5.53. The molecule has 1 unspecified atom stereocenters. The fourth-order valence-corrected chi connectivity index (χ4v) is 2.43. The first kappa shape index (κ1) is 16.0. The highest BCUT2D eigenvalue weighted by atomic mass is 35.5. The first-order valence-corrected chi connectivity index (χ1v) is 6.69. The van der Waals surface area contributed by atoms with E-state index in [0.717, 1.165) is 25.2 Å². The summed E-state index contributed by atoms with van der Waals surface area (Å²) < 4.78 is 0. The Balaban J connectivity index is 0.00000180. The molecule has 1 heterocycles. The van der Waals surface area contributed by atoms with Gasteiger partial charge in [0, 0.05) is 13.1 Å². The first-order valence-electron chi connectivity index (χ1n) is 6.69. The molecule has 0 saturated carbocycles. The molecular formula is C15H23ClN2O. The summed E-state index contributed by atoms with van der Waals surface area (Å²) in [7, 11) is 0. The molecule has 1 aliphatic heterocycles. The number of amides is 1. The molecule has 0 spiro atoms. The molecule has 3 nitrogen and oxygen atoms in total. The van der Waals surface area contributed by atoms with Crippen LogP contribution >= 0.6 is 12.4 Å². The van der Waals surface area contributed by atoms with E-state index in [0.29, 0.717) is 6.42 Å². The zero-order chi connectivity index (χ0) is 12.8. The van der Waals surface area contributed by atoms with Crippen molar-refractivity contribution in [3.05, 3.63) is 35.9 Å². The summed E-state index contributed by atoms with van der Waals surface area (Å²) in [5.74, 6) is 0.119. The maximum absolute atomic E-state index is 11.9. The zero-order valence-corrected chi connectivity index (χ0v) is 12.3. The van der Waals surface area contributed by atoms with Crippen molar-refractivity contribution in [2.24, 2.45) is 5.41 Å². The lowest BCUT2D eigenvalue weighted by Gasteiger charge is -2.34. The monoisotopic (exact) mass is 282 g/mol. The van der Waals surface area contributed by atoms with Gasteiger partial charge >= 0.3 is 0 Å². The molecule has 2 rings (SSSR count). The van der Waals surface area contributed by atoms with Gasteiger partial charge in [-0.3, -0.25) is 4.79 Å². The van der Waals surface area contributed by atoms with E-state index in [1.807, 2.05) is 30.3 Å². The number of carbonyl (C=O) groups is 1. The Bertz CT molecular complexity index is 388. The van der Waals surface area contributed by atoms with E-state index in [1.165, 1.54) is 12.8 Å². The summed E-state index contributed by atoms with van der Waals surface area (Å²) in [6.45, 7) is 5.11. The van der Waals surface area contributed by atoms with Crippen LogP contribution in [0.25, 0.3) is 0 Å². The molecule has 0 radical (unpaired) electrons. The second-order valence-corrected chi connectivity index (χ2v) is 5.53. The molecule has 0 aromatic heterocycles. The molecule has 1 aromatic rings. The molecule has 19 heavy (non-hydrogen) atoms. The van der Waals surface area contributed by atoms with Crippen LogP contribution in [0.2, 0.25) is 0 Å². The lowest BCUT2D eigenvalue weighted by molar-refractivity contribution is -0.121. The van der Waals surface area contributed by atoms with E-state index < -0.39 is 0 Å². The first-order chi connectivity index (χ1) is 8.68. The smallest absolute Gasteiger partial charge is 0.224 e. The topological polar surface area (TPSA) is 41.1 Å². The van der Waals surface area contributed by atoms with Gasteiger partial charge in [-0.05, 0) is 30.4 Å². The third kappa shape index (κ3) is 5.21. The molecule has 1 fully saturated rings. The molecule has 1 atom stereocenters. The molecule has 106 valence electrons. The Morgan fingerprint density at radius 2 is 2.11 bits per heavy atom.